The van der Waals surface area contributed by atoms with Crippen molar-refractivity contribution >= 4 is 17.8 Å². The lowest BCUT2D eigenvalue weighted by Gasteiger charge is -2.20. The third-order valence-electron chi connectivity index (χ3n) is 2.56. The van der Waals surface area contributed by atoms with Gasteiger partial charge in [-0.1, -0.05) is 13.2 Å². The molecule has 118 valence electrons. The third-order valence-corrected chi connectivity index (χ3v) is 2.56. The van der Waals surface area contributed by atoms with Crippen LogP contribution in [0.5, 0.6) is 0 Å². The van der Waals surface area contributed by atoms with Crippen molar-refractivity contribution in [3.8, 4) is 0 Å². The van der Waals surface area contributed by atoms with E-state index in [2.05, 4.69) is 23.8 Å². The standard InChI is InChI=1S/C14H23N3O4/c1-10(2)13(20)15-5-7-17(9-12(18)19)8-6-16-14(21)11(3)4/h1,3,5-9H2,2,4H3,(H,15,20)(H,16,21)(H,18,19). The molecule has 0 fully saturated rings. The van der Waals surface area contributed by atoms with E-state index in [9.17, 15) is 14.4 Å². The predicted octanol–water partition coefficient (Wildman–Crippen LogP) is -0.242. The second-order valence-electron chi connectivity index (χ2n) is 4.74. The average Bonchev–Trinajstić information content (AvgIpc) is 2.37. The molecule has 0 radical (unpaired) electrons. The molecule has 21 heavy (non-hydrogen) atoms. The van der Waals surface area contributed by atoms with Crippen molar-refractivity contribution in [2.24, 2.45) is 0 Å². The quantitative estimate of drug-likeness (QED) is 0.483. The maximum Gasteiger partial charge on any atom is 0.317 e. The van der Waals surface area contributed by atoms with Crippen LogP contribution in [0.25, 0.3) is 0 Å². The molecule has 0 rings (SSSR count). The smallest absolute Gasteiger partial charge is 0.317 e. The lowest BCUT2D eigenvalue weighted by molar-refractivity contribution is -0.138. The summed E-state index contributed by atoms with van der Waals surface area (Å²) in [7, 11) is 0. The second kappa shape index (κ2) is 9.71. The number of amides is 2. The van der Waals surface area contributed by atoms with Crippen molar-refractivity contribution in [1.29, 1.82) is 0 Å². The van der Waals surface area contributed by atoms with E-state index in [0.717, 1.165) is 0 Å². The fourth-order valence-corrected chi connectivity index (χ4v) is 1.42. The van der Waals surface area contributed by atoms with Gasteiger partial charge in [0.05, 0.1) is 6.54 Å². The summed E-state index contributed by atoms with van der Waals surface area (Å²) in [4.78, 5) is 35.0. The van der Waals surface area contributed by atoms with E-state index in [1.807, 2.05) is 0 Å². The molecule has 0 atom stereocenters. The fraction of sp³-hybridized carbons (Fsp3) is 0.500. The molecule has 0 saturated heterocycles. The van der Waals surface area contributed by atoms with Gasteiger partial charge in [-0.05, 0) is 13.8 Å². The molecule has 0 aliphatic rings. The van der Waals surface area contributed by atoms with Crippen LogP contribution >= 0.6 is 0 Å². The maximum absolute atomic E-state index is 11.3. The Morgan fingerprint density at radius 2 is 1.33 bits per heavy atom. The van der Waals surface area contributed by atoms with E-state index in [-0.39, 0.29) is 18.4 Å². The number of carboxylic acid groups (broad SMARTS) is 1. The Hall–Kier alpha value is -2.15. The monoisotopic (exact) mass is 297 g/mol. The summed E-state index contributed by atoms with van der Waals surface area (Å²) in [5.74, 6) is -1.49. The molecule has 0 aliphatic carbocycles. The molecular weight excluding hydrogens is 274 g/mol. The predicted molar refractivity (Wildman–Crippen MR) is 79.7 cm³/mol. The Labute approximate surface area is 124 Å². The van der Waals surface area contributed by atoms with Crippen LogP contribution in [0.4, 0.5) is 0 Å². The Morgan fingerprint density at radius 3 is 1.62 bits per heavy atom. The number of hydrogen-bond acceptors (Lipinski definition) is 4. The first-order valence-corrected chi connectivity index (χ1v) is 6.55. The van der Waals surface area contributed by atoms with Crippen LogP contribution in [0.15, 0.2) is 24.3 Å². The SMILES string of the molecule is C=C(C)C(=O)NCCN(CCNC(=O)C(=C)C)CC(=O)O. The van der Waals surface area contributed by atoms with Crippen molar-refractivity contribution in [1.82, 2.24) is 15.5 Å². The highest BCUT2D eigenvalue weighted by atomic mass is 16.4. The van der Waals surface area contributed by atoms with E-state index in [0.29, 0.717) is 37.3 Å². The van der Waals surface area contributed by atoms with Gasteiger partial charge in [-0.15, -0.1) is 0 Å². The number of nitrogens with one attached hydrogen (secondary N) is 2. The summed E-state index contributed by atoms with van der Waals surface area (Å²) in [6.07, 6.45) is 0. The highest BCUT2D eigenvalue weighted by Gasteiger charge is 2.11. The number of rotatable bonds is 10. The van der Waals surface area contributed by atoms with Crippen LogP contribution in [-0.4, -0.2) is 60.5 Å². The number of hydrogen-bond donors (Lipinski definition) is 3. The van der Waals surface area contributed by atoms with Crippen LogP contribution in [-0.2, 0) is 14.4 Å². The molecular formula is C14H23N3O4. The van der Waals surface area contributed by atoms with Gasteiger partial charge in [-0.3, -0.25) is 19.3 Å². The molecule has 7 nitrogen and oxygen atoms in total. The Kier molecular flexibility index (Phi) is 8.71. The number of nitrogens with zero attached hydrogens (tertiary/aromatic N) is 1. The fourth-order valence-electron chi connectivity index (χ4n) is 1.42. The van der Waals surface area contributed by atoms with Crippen LogP contribution in [0, 0.1) is 0 Å². The second-order valence-corrected chi connectivity index (χ2v) is 4.74. The number of carbonyl (C=O) groups is 3. The average molecular weight is 297 g/mol. The first-order valence-electron chi connectivity index (χ1n) is 6.55. The largest absolute Gasteiger partial charge is 0.480 e. The highest BCUT2D eigenvalue weighted by molar-refractivity contribution is 5.92. The molecule has 0 bridgehead atoms. The molecule has 0 saturated carbocycles. The van der Waals surface area contributed by atoms with Gasteiger partial charge in [-0.25, -0.2) is 0 Å². The molecule has 0 aliphatic heterocycles. The minimum Gasteiger partial charge on any atom is -0.480 e. The first-order chi connectivity index (χ1) is 9.73. The molecule has 2 amide bonds. The zero-order valence-electron chi connectivity index (χ0n) is 12.6. The summed E-state index contributed by atoms with van der Waals surface area (Å²) in [6.45, 7) is 11.4. The van der Waals surface area contributed by atoms with Gasteiger partial charge in [0.1, 0.15) is 0 Å². The van der Waals surface area contributed by atoms with Gasteiger partial charge in [0.15, 0.2) is 0 Å². The topological polar surface area (TPSA) is 98.7 Å². The van der Waals surface area contributed by atoms with Crippen LogP contribution in [0.2, 0.25) is 0 Å². The summed E-state index contributed by atoms with van der Waals surface area (Å²) in [6, 6.07) is 0. The van der Waals surface area contributed by atoms with Crippen molar-refractivity contribution in [2.75, 3.05) is 32.7 Å². The summed E-state index contributed by atoms with van der Waals surface area (Å²) in [5, 5.41) is 14.1. The highest BCUT2D eigenvalue weighted by Crippen LogP contribution is 1.90. The van der Waals surface area contributed by atoms with E-state index in [4.69, 9.17) is 5.11 Å². The lowest BCUT2D eigenvalue weighted by atomic mass is 10.3. The van der Waals surface area contributed by atoms with Crippen molar-refractivity contribution in [3.05, 3.63) is 24.3 Å². The van der Waals surface area contributed by atoms with Crippen LogP contribution < -0.4 is 10.6 Å². The Balaban J connectivity index is 4.17. The van der Waals surface area contributed by atoms with E-state index < -0.39 is 5.97 Å². The number of carboxylic acids is 1. The minimum atomic E-state index is -0.965. The van der Waals surface area contributed by atoms with Gasteiger partial charge in [-0.2, -0.15) is 0 Å². The van der Waals surface area contributed by atoms with Crippen molar-refractivity contribution in [3.63, 3.8) is 0 Å². The molecule has 0 aromatic rings. The van der Waals surface area contributed by atoms with Crippen LogP contribution in [0.1, 0.15) is 13.8 Å². The molecule has 0 unspecified atom stereocenters. The minimum absolute atomic E-state index is 0.161. The van der Waals surface area contributed by atoms with E-state index in [1.54, 1.807) is 18.7 Å². The zero-order valence-corrected chi connectivity index (χ0v) is 12.6. The Bertz CT molecular complexity index is 400. The third kappa shape index (κ3) is 9.39. The molecule has 0 heterocycles. The maximum atomic E-state index is 11.3. The van der Waals surface area contributed by atoms with Crippen LogP contribution in [0.3, 0.4) is 0 Å². The number of carbonyl (C=O) groups excluding carboxylic acids is 2. The summed E-state index contributed by atoms with van der Waals surface area (Å²) in [5.41, 5.74) is 0.794. The zero-order chi connectivity index (χ0) is 16.4. The van der Waals surface area contributed by atoms with Crippen molar-refractivity contribution < 1.29 is 19.5 Å². The van der Waals surface area contributed by atoms with Gasteiger partial charge in [0.2, 0.25) is 11.8 Å². The lowest BCUT2D eigenvalue weighted by Crippen LogP contribution is -2.42. The molecule has 7 heteroatoms. The first kappa shape index (κ1) is 18.9. The number of aliphatic carboxylic acids is 1. The van der Waals surface area contributed by atoms with Gasteiger partial charge < -0.3 is 15.7 Å². The summed E-state index contributed by atoms with van der Waals surface area (Å²) >= 11 is 0. The van der Waals surface area contributed by atoms with Crippen molar-refractivity contribution in [2.45, 2.75) is 13.8 Å². The summed E-state index contributed by atoms with van der Waals surface area (Å²) < 4.78 is 0. The van der Waals surface area contributed by atoms with E-state index >= 15 is 0 Å². The Morgan fingerprint density at radius 1 is 0.952 bits per heavy atom. The van der Waals surface area contributed by atoms with Gasteiger partial charge >= 0.3 is 5.97 Å². The normalized spacial score (nSPS) is 10.0. The molecule has 0 aromatic carbocycles. The van der Waals surface area contributed by atoms with Gasteiger partial charge in [0, 0.05) is 37.3 Å². The molecule has 0 aromatic heterocycles. The van der Waals surface area contributed by atoms with Gasteiger partial charge in [0.25, 0.3) is 0 Å². The molecule has 3 N–H and O–H groups in total. The molecule has 0 spiro atoms. The van der Waals surface area contributed by atoms with E-state index in [1.165, 1.54) is 0 Å².